The average molecular weight is 536 g/mol. The number of aryl methyl sites for hydroxylation is 1. The number of amides is 1. The predicted molar refractivity (Wildman–Crippen MR) is 148 cm³/mol. The molecule has 11 heteroatoms. The van der Waals surface area contributed by atoms with E-state index in [9.17, 15) is 14.9 Å². The molecule has 1 amide bonds. The van der Waals surface area contributed by atoms with Gasteiger partial charge < -0.3 is 14.2 Å². The standard InChI is InChI=1S/C26H25N5O4S2/c1-17-12-20(13-24-25(32)29(26(36)37-24)16-19-4-3-7-27-15-19)18(2)30(17)21-5-6-22(23(14-21)31(33)34)28-8-10-35-11-9-28/h3-7,12-15H,8-11,16H2,1-2H3/b24-13-. The Bertz CT molecular complexity index is 1410. The molecule has 2 aromatic heterocycles. The number of carbonyl (C=O) groups is 1. The van der Waals surface area contributed by atoms with E-state index >= 15 is 0 Å². The van der Waals surface area contributed by atoms with Gasteiger partial charge in [-0.2, -0.15) is 0 Å². The minimum Gasteiger partial charge on any atom is -0.378 e. The van der Waals surface area contributed by atoms with Crippen LogP contribution in [0.2, 0.25) is 0 Å². The monoisotopic (exact) mass is 535 g/mol. The molecule has 1 aromatic carbocycles. The lowest BCUT2D eigenvalue weighted by atomic mass is 10.2. The molecule has 0 bridgehead atoms. The van der Waals surface area contributed by atoms with Gasteiger partial charge in [-0.25, -0.2) is 0 Å². The molecule has 3 aromatic rings. The SMILES string of the molecule is Cc1cc(/C=C2\SC(=S)N(Cc3cccnc3)C2=O)c(C)n1-c1ccc(N2CCOCC2)c([N+](=O)[O-])c1. The van der Waals surface area contributed by atoms with E-state index in [0.717, 1.165) is 22.5 Å². The van der Waals surface area contributed by atoms with Gasteiger partial charge in [-0.05, 0) is 55.3 Å². The minimum absolute atomic E-state index is 0.0599. The van der Waals surface area contributed by atoms with E-state index in [-0.39, 0.29) is 16.5 Å². The van der Waals surface area contributed by atoms with Crippen molar-refractivity contribution in [3.8, 4) is 5.69 Å². The first-order chi connectivity index (χ1) is 17.8. The first-order valence-electron chi connectivity index (χ1n) is 11.8. The second-order valence-electron chi connectivity index (χ2n) is 8.82. The highest BCUT2D eigenvalue weighted by Gasteiger charge is 2.32. The second-order valence-corrected chi connectivity index (χ2v) is 10.5. The fraction of sp³-hybridized carbons (Fsp3) is 0.269. The fourth-order valence-electron chi connectivity index (χ4n) is 4.65. The smallest absolute Gasteiger partial charge is 0.294 e. The molecule has 0 saturated carbocycles. The van der Waals surface area contributed by atoms with Gasteiger partial charge in [0.2, 0.25) is 0 Å². The average Bonchev–Trinajstić information content (AvgIpc) is 3.33. The Morgan fingerprint density at radius 2 is 2.00 bits per heavy atom. The Labute approximate surface area is 223 Å². The third-order valence-corrected chi connectivity index (χ3v) is 7.84. The quantitative estimate of drug-likeness (QED) is 0.195. The lowest BCUT2D eigenvalue weighted by Gasteiger charge is -2.28. The number of thioether (sulfide) groups is 1. The summed E-state index contributed by atoms with van der Waals surface area (Å²) in [5.41, 5.74) is 4.90. The summed E-state index contributed by atoms with van der Waals surface area (Å²) in [6.45, 7) is 6.58. The van der Waals surface area contributed by atoms with Crippen LogP contribution in [0.15, 0.2) is 53.7 Å². The highest BCUT2D eigenvalue weighted by molar-refractivity contribution is 8.26. The zero-order valence-corrected chi connectivity index (χ0v) is 22.1. The van der Waals surface area contributed by atoms with E-state index < -0.39 is 0 Å². The van der Waals surface area contributed by atoms with Gasteiger partial charge in [0, 0.05) is 42.9 Å². The molecule has 0 aliphatic carbocycles. The van der Waals surface area contributed by atoms with Crippen molar-refractivity contribution in [3.05, 3.63) is 86.3 Å². The van der Waals surface area contributed by atoms with Crippen LogP contribution in [0.1, 0.15) is 22.5 Å². The van der Waals surface area contributed by atoms with Crippen LogP contribution in [-0.2, 0) is 16.1 Å². The van der Waals surface area contributed by atoms with Gasteiger partial charge in [-0.3, -0.25) is 24.8 Å². The minimum atomic E-state index is -0.336. The Morgan fingerprint density at radius 3 is 2.70 bits per heavy atom. The first-order valence-corrected chi connectivity index (χ1v) is 13.0. The van der Waals surface area contributed by atoms with Crippen molar-refractivity contribution in [2.24, 2.45) is 0 Å². The molecule has 0 unspecified atom stereocenters. The molecular formula is C26H25N5O4S2. The number of benzene rings is 1. The number of nitrogens with zero attached hydrogens (tertiary/aromatic N) is 5. The molecular weight excluding hydrogens is 510 g/mol. The van der Waals surface area contributed by atoms with Crippen LogP contribution in [0.25, 0.3) is 11.8 Å². The number of rotatable bonds is 6. The van der Waals surface area contributed by atoms with Crippen LogP contribution in [0.5, 0.6) is 0 Å². The zero-order chi connectivity index (χ0) is 26.1. The first kappa shape index (κ1) is 25.1. The summed E-state index contributed by atoms with van der Waals surface area (Å²) in [6.07, 6.45) is 5.26. The molecule has 0 N–H and O–H groups in total. The lowest BCUT2D eigenvalue weighted by Crippen LogP contribution is -2.36. The van der Waals surface area contributed by atoms with Crippen molar-refractivity contribution in [3.63, 3.8) is 0 Å². The van der Waals surface area contributed by atoms with Gasteiger partial charge in [0.25, 0.3) is 11.6 Å². The molecule has 2 saturated heterocycles. The number of aromatic nitrogens is 2. The summed E-state index contributed by atoms with van der Waals surface area (Å²) in [5, 5.41) is 11.9. The topological polar surface area (TPSA) is 93.7 Å². The van der Waals surface area contributed by atoms with Gasteiger partial charge >= 0.3 is 0 Å². The summed E-state index contributed by atoms with van der Waals surface area (Å²) < 4.78 is 7.87. The number of hydrogen-bond donors (Lipinski definition) is 0. The van der Waals surface area contributed by atoms with Gasteiger partial charge in [0.15, 0.2) is 0 Å². The summed E-state index contributed by atoms with van der Waals surface area (Å²) in [7, 11) is 0. The van der Waals surface area contributed by atoms with Crippen LogP contribution >= 0.6 is 24.0 Å². The normalized spacial score (nSPS) is 17.2. The number of pyridine rings is 1. The van der Waals surface area contributed by atoms with E-state index in [1.54, 1.807) is 29.4 Å². The summed E-state index contributed by atoms with van der Waals surface area (Å²) in [5.74, 6) is -0.144. The van der Waals surface area contributed by atoms with Crippen LogP contribution in [0, 0.1) is 24.0 Å². The Kier molecular flexibility index (Phi) is 7.09. The van der Waals surface area contributed by atoms with E-state index in [1.165, 1.54) is 11.8 Å². The number of ether oxygens (including phenoxy) is 1. The fourth-order valence-corrected chi connectivity index (χ4v) is 5.90. The van der Waals surface area contributed by atoms with Gasteiger partial charge in [-0.15, -0.1) is 0 Å². The van der Waals surface area contributed by atoms with Crippen molar-refractivity contribution >= 4 is 51.7 Å². The van der Waals surface area contributed by atoms with Crippen LogP contribution in [0.4, 0.5) is 11.4 Å². The predicted octanol–water partition coefficient (Wildman–Crippen LogP) is 4.64. The lowest BCUT2D eigenvalue weighted by molar-refractivity contribution is -0.384. The highest BCUT2D eigenvalue weighted by atomic mass is 32.2. The molecule has 9 nitrogen and oxygen atoms in total. The van der Waals surface area contributed by atoms with Crippen molar-refractivity contribution in [2.75, 3.05) is 31.2 Å². The molecule has 37 heavy (non-hydrogen) atoms. The number of morpholine rings is 1. The van der Waals surface area contributed by atoms with Gasteiger partial charge in [0.1, 0.15) is 10.0 Å². The molecule has 190 valence electrons. The Balaban J connectivity index is 1.45. The third kappa shape index (κ3) is 5.02. The van der Waals surface area contributed by atoms with Crippen molar-refractivity contribution in [1.82, 2.24) is 14.5 Å². The van der Waals surface area contributed by atoms with Gasteiger partial charge in [0.05, 0.1) is 35.3 Å². The van der Waals surface area contributed by atoms with Crippen molar-refractivity contribution in [1.29, 1.82) is 0 Å². The van der Waals surface area contributed by atoms with Crippen molar-refractivity contribution in [2.45, 2.75) is 20.4 Å². The Morgan fingerprint density at radius 1 is 1.22 bits per heavy atom. The maximum Gasteiger partial charge on any atom is 0.294 e. The Hall–Kier alpha value is -3.54. The number of carbonyl (C=O) groups excluding carboxylic acids is 1. The molecule has 0 spiro atoms. The third-order valence-electron chi connectivity index (χ3n) is 6.46. The van der Waals surface area contributed by atoms with Crippen LogP contribution in [0.3, 0.4) is 0 Å². The van der Waals surface area contributed by atoms with E-state index in [4.69, 9.17) is 17.0 Å². The maximum absolute atomic E-state index is 13.1. The molecule has 5 rings (SSSR count). The van der Waals surface area contributed by atoms with Crippen LogP contribution < -0.4 is 4.90 Å². The van der Waals surface area contributed by atoms with E-state index in [1.807, 2.05) is 53.7 Å². The summed E-state index contributed by atoms with van der Waals surface area (Å²) in [6, 6.07) is 11.0. The molecule has 2 aliphatic rings. The second kappa shape index (κ2) is 10.4. The van der Waals surface area contributed by atoms with E-state index in [0.29, 0.717) is 53.4 Å². The molecule has 2 aliphatic heterocycles. The molecule has 4 heterocycles. The highest BCUT2D eigenvalue weighted by Crippen LogP contribution is 2.36. The molecule has 2 fully saturated rings. The summed E-state index contributed by atoms with van der Waals surface area (Å²) in [4.78, 5) is 33.0. The zero-order valence-electron chi connectivity index (χ0n) is 20.4. The largest absolute Gasteiger partial charge is 0.378 e. The maximum atomic E-state index is 13.1. The number of anilines is 1. The van der Waals surface area contributed by atoms with Gasteiger partial charge in [-0.1, -0.05) is 30.0 Å². The number of hydrogen-bond acceptors (Lipinski definition) is 8. The molecule has 0 atom stereocenters. The summed E-state index contributed by atoms with van der Waals surface area (Å²) >= 11 is 6.75. The van der Waals surface area contributed by atoms with Crippen LogP contribution in [-0.4, -0.2) is 55.9 Å². The number of nitro groups is 1. The van der Waals surface area contributed by atoms with E-state index in [2.05, 4.69) is 4.98 Å². The number of thiocarbonyl (C=S) groups is 1. The number of nitro benzene ring substituents is 1. The van der Waals surface area contributed by atoms with Crippen molar-refractivity contribution < 1.29 is 14.5 Å². The molecule has 0 radical (unpaired) electrons.